The van der Waals surface area contributed by atoms with Crippen molar-refractivity contribution < 1.29 is 41.6 Å². The number of rotatable bonds is 8. The zero-order valence-electron chi connectivity index (χ0n) is 20.0. The van der Waals surface area contributed by atoms with Gasteiger partial charge in [-0.2, -0.15) is 27.9 Å². The molecule has 2 unspecified atom stereocenters. The second kappa shape index (κ2) is 10.5. The van der Waals surface area contributed by atoms with Crippen molar-refractivity contribution in [2.24, 2.45) is 0 Å². The SMILES string of the molecule is CCn1c(CO)nn(-c2nc(O[C@@H](C)C(F)(F)F)c3c(OC4CCOCC4OC)nncc3c2F)c1=O. The Labute approximate surface area is 206 Å². The molecule has 0 spiro atoms. The molecule has 3 aromatic rings. The molecule has 202 valence electrons. The Balaban J connectivity index is 1.93. The molecule has 1 N–H and O–H groups in total. The fraction of sp³-hybridized carbons (Fsp3) is 0.571. The second-order valence-corrected chi connectivity index (χ2v) is 8.10. The fourth-order valence-corrected chi connectivity index (χ4v) is 3.81. The Kier molecular flexibility index (Phi) is 7.61. The van der Waals surface area contributed by atoms with Crippen LogP contribution in [0.25, 0.3) is 16.6 Å². The second-order valence-electron chi connectivity index (χ2n) is 8.10. The molecule has 0 bridgehead atoms. The van der Waals surface area contributed by atoms with Gasteiger partial charge in [0.05, 0.1) is 24.8 Å². The lowest BCUT2D eigenvalue weighted by molar-refractivity contribution is -0.189. The molecule has 37 heavy (non-hydrogen) atoms. The van der Waals surface area contributed by atoms with Gasteiger partial charge < -0.3 is 24.1 Å². The van der Waals surface area contributed by atoms with Gasteiger partial charge in [-0.1, -0.05) is 0 Å². The number of hydrogen-bond donors (Lipinski definition) is 1. The van der Waals surface area contributed by atoms with Gasteiger partial charge in [0, 0.05) is 20.1 Å². The summed E-state index contributed by atoms with van der Waals surface area (Å²) in [6, 6.07) is 0. The summed E-state index contributed by atoms with van der Waals surface area (Å²) in [5, 5.41) is 20.3. The number of aliphatic hydroxyl groups excluding tert-OH is 1. The molecule has 1 aliphatic heterocycles. The zero-order valence-corrected chi connectivity index (χ0v) is 20.0. The summed E-state index contributed by atoms with van der Waals surface area (Å²) in [4.78, 5) is 16.7. The van der Waals surface area contributed by atoms with Crippen molar-refractivity contribution in [3.8, 4) is 17.6 Å². The maximum atomic E-state index is 15.8. The number of alkyl halides is 3. The van der Waals surface area contributed by atoms with Gasteiger partial charge in [0.25, 0.3) is 0 Å². The summed E-state index contributed by atoms with van der Waals surface area (Å²) < 4.78 is 79.3. The van der Waals surface area contributed by atoms with E-state index < -0.39 is 54.3 Å². The minimum atomic E-state index is -4.80. The molecule has 1 saturated heterocycles. The summed E-state index contributed by atoms with van der Waals surface area (Å²) >= 11 is 0. The van der Waals surface area contributed by atoms with Gasteiger partial charge in [-0.05, 0) is 13.8 Å². The third-order valence-electron chi connectivity index (χ3n) is 5.83. The van der Waals surface area contributed by atoms with E-state index in [1.165, 1.54) is 7.11 Å². The number of pyridine rings is 1. The molecule has 0 radical (unpaired) electrons. The van der Waals surface area contributed by atoms with E-state index in [0.29, 0.717) is 17.7 Å². The average molecular weight is 532 g/mol. The van der Waals surface area contributed by atoms with E-state index in [2.05, 4.69) is 20.3 Å². The predicted molar refractivity (Wildman–Crippen MR) is 117 cm³/mol. The maximum Gasteiger partial charge on any atom is 0.425 e. The lowest BCUT2D eigenvalue weighted by atomic mass is 10.1. The molecule has 0 amide bonds. The molecule has 3 aromatic heterocycles. The quantitative estimate of drug-likeness (QED) is 0.426. The molecule has 0 aromatic carbocycles. The average Bonchev–Trinajstić information content (AvgIpc) is 3.20. The number of nitrogens with zero attached hydrogens (tertiary/aromatic N) is 6. The van der Waals surface area contributed by atoms with Crippen LogP contribution in [0.4, 0.5) is 17.6 Å². The van der Waals surface area contributed by atoms with E-state index in [1.54, 1.807) is 6.92 Å². The molecule has 12 nitrogen and oxygen atoms in total. The monoisotopic (exact) mass is 532 g/mol. The van der Waals surface area contributed by atoms with Crippen LogP contribution in [0.15, 0.2) is 11.0 Å². The minimum absolute atomic E-state index is 0.0909. The first kappa shape index (κ1) is 26.7. The number of aliphatic hydroxyl groups is 1. The largest absolute Gasteiger partial charge is 0.470 e. The Bertz CT molecular complexity index is 1330. The molecule has 16 heteroatoms. The van der Waals surface area contributed by atoms with Gasteiger partial charge in [0.2, 0.25) is 11.8 Å². The summed E-state index contributed by atoms with van der Waals surface area (Å²) in [6.07, 6.45) is -7.03. The fourth-order valence-electron chi connectivity index (χ4n) is 3.81. The summed E-state index contributed by atoms with van der Waals surface area (Å²) in [5.74, 6) is -3.02. The summed E-state index contributed by atoms with van der Waals surface area (Å²) in [5.41, 5.74) is -0.865. The third-order valence-corrected chi connectivity index (χ3v) is 5.83. The van der Waals surface area contributed by atoms with Crippen molar-refractivity contribution in [2.75, 3.05) is 20.3 Å². The lowest BCUT2D eigenvalue weighted by Gasteiger charge is -2.30. The first-order valence-electron chi connectivity index (χ1n) is 11.3. The van der Waals surface area contributed by atoms with Crippen molar-refractivity contribution in [3.63, 3.8) is 0 Å². The van der Waals surface area contributed by atoms with E-state index in [4.69, 9.17) is 18.9 Å². The number of aromatic nitrogens is 6. The van der Waals surface area contributed by atoms with Crippen LogP contribution in [-0.2, 0) is 22.6 Å². The van der Waals surface area contributed by atoms with Crippen molar-refractivity contribution in [1.29, 1.82) is 0 Å². The standard InChI is InChI=1S/C21H24F4N6O6/c1-4-30-14(8-32)29-31(20(30)33)17-16(22)11-7-26-28-19(37-12-5-6-35-9-13(12)34-3)15(11)18(27-17)36-10(2)21(23,24)25/h7,10,12-13,32H,4-6,8-9H2,1-3H3/t10-,12?,13?/m0/s1. The van der Waals surface area contributed by atoms with Crippen LogP contribution < -0.4 is 15.2 Å². The van der Waals surface area contributed by atoms with Crippen LogP contribution in [0.5, 0.6) is 11.8 Å². The molecule has 1 aliphatic rings. The van der Waals surface area contributed by atoms with E-state index in [0.717, 1.165) is 17.7 Å². The topological polar surface area (TPSA) is 136 Å². The molecule has 4 heterocycles. The highest BCUT2D eigenvalue weighted by atomic mass is 19.4. The van der Waals surface area contributed by atoms with Crippen LogP contribution in [0.3, 0.4) is 0 Å². The number of halogens is 4. The van der Waals surface area contributed by atoms with Gasteiger partial charge in [0.1, 0.15) is 24.2 Å². The highest BCUT2D eigenvalue weighted by Gasteiger charge is 2.39. The van der Waals surface area contributed by atoms with Gasteiger partial charge in [-0.25, -0.2) is 9.18 Å². The van der Waals surface area contributed by atoms with Crippen molar-refractivity contribution >= 4 is 10.8 Å². The Morgan fingerprint density at radius 3 is 2.68 bits per heavy atom. The molecule has 1 fully saturated rings. The Hall–Kier alpha value is -3.37. The van der Waals surface area contributed by atoms with Gasteiger partial charge >= 0.3 is 11.9 Å². The zero-order chi connectivity index (χ0) is 26.9. The van der Waals surface area contributed by atoms with Crippen molar-refractivity contribution in [3.05, 3.63) is 28.3 Å². The normalized spacial score (nSPS) is 19.2. The van der Waals surface area contributed by atoms with Gasteiger partial charge in [-0.3, -0.25) is 4.57 Å². The van der Waals surface area contributed by atoms with Crippen LogP contribution in [0.1, 0.15) is 26.1 Å². The number of ether oxygens (including phenoxy) is 4. The van der Waals surface area contributed by atoms with E-state index in [1.807, 2.05) is 0 Å². The van der Waals surface area contributed by atoms with E-state index in [9.17, 15) is 23.1 Å². The Morgan fingerprint density at radius 1 is 1.30 bits per heavy atom. The minimum Gasteiger partial charge on any atom is -0.470 e. The van der Waals surface area contributed by atoms with Crippen LogP contribution in [-0.4, -0.2) is 79.4 Å². The van der Waals surface area contributed by atoms with Crippen LogP contribution in [0, 0.1) is 5.82 Å². The van der Waals surface area contributed by atoms with Gasteiger partial charge in [-0.15, -0.1) is 10.2 Å². The van der Waals surface area contributed by atoms with Crippen molar-refractivity contribution in [2.45, 2.75) is 57.9 Å². The Morgan fingerprint density at radius 2 is 2.05 bits per heavy atom. The summed E-state index contributed by atoms with van der Waals surface area (Å²) in [6.45, 7) is 2.31. The molecule has 4 rings (SSSR count). The number of hydrogen-bond acceptors (Lipinski definition) is 10. The highest BCUT2D eigenvalue weighted by molar-refractivity contribution is 5.92. The van der Waals surface area contributed by atoms with E-state index >= 15 is 4.39 Å². The molecular formula is C21H24F4N6O6. The smallest absolute Gasteiger partial charge is 0.425 e. The molecule has 0 aliphatic carbocycles. The van der Waals surface area contributed by atoms with Crippen molar-refractivity contribution in [1.82, 2.24) is 29.5 Å². The first-order valence-corrected chi connectivity index (χ1v) is 11.3. The van der Waals surface area contributed by atoms with E-state index in [-0.39, 0.29) is 35.6 Å². The first-order chi connectivity index (χ1) is 17.6. The summed E-state index contributed by atoms with van der Waals surface area (Å²) in [7, 11) is 1.44. The van der Waals surface area contributed by atoms with Crippen LogP contribution in [0.2, 0.25) is 0 Å². The molecule has 3 atom stereocenters. The molecule has 0 saturated carbocycles. The number of fused-ring (bicyclic) bond motifs is 1. The van der Waals surface area contributed by atoms with Gasteiger partial charge in [0.15, 0.2) is 23.6 Å². The maximum absolute atomic E-state index is 15.8. The number of methoxy groups -OCH3 is 1. The molecular weight excluding hydrogens is 508 g/mol. The lowest BCUT2D eigenvalue weighted by Crippen LogP contribution is -2.42. The van der Waals surface area contributed by atoms with Crippen LogP contribution >= 0.6 is 0 Å². The predicted octanol–water partition coefficient (Wildman–Crippen LogP) is 1.54. The highest BCUT2D eigenvalue weighted by Crippen LogP contribution is 2.37. The third kappa shape index (κ3) is 5.08.